The van der Waals surface area contributed by atoms with Gasteiger partial charge in [0.1, 0.15) is 5.78 Å². The van der Waals surface area contributed by atoms with Crippen molar-refractivity contribution in [2.75, 3.05) is 13.1 Å². The van der Waals surface area contributed by atoms with Gasteiger partial charge in [-0.25, -0.2) is 0 Å². The maximum Gasteiger partial charge on any atom is 0.136 e. The third kappa shape index (κ3) is 1.30. The molecule has 0 aromatic heterocycles. The van der Waals surface area contributed by atoms with Crippen LogP contribution in [0.25, 0.3) is 0 Å². The lowest BCUT2D eigenvalue weighted by molar-refractivity contribution is -0.120. The first-order chi connectivity index (χ1) is 4.79. The Kier molecular flexibility index (Phi) is 2.55. The Bertz CT molecular complexity index is 171. The van der Waals surface area contributed by atoms with Gasteiger partial charge in [0.2, 0.25) is 0 Å². The van der Waals surface area contributed by atoms with Gasteiger partial charge in [0, 0.05) is 12.3 Å². The molecule has 1 N–H and O–H groups in total. The predicted octanol–water partition coefficient (Wildman–Crippen LogP) is 0.853. The molecule has 2 nitrogen and oxygen atoms in total. The molecule has 1 heterocycles. The standard InChI is InChI=1S/C8H13NO.ClH/c1-5-7-4-9-3-6(7)2-8(5)10;/h5-7,9H,2-4H2,1H3;1H/t5?,6-,7-;/m0./s1. The van der Waals surface area contributed by atoms with E-state index in [-0.39, 0.29) is 12.4 Å². The lowest BCUT2D eigenvalue weighted by Gasteiger charge is -2.09. The molecule has 3 atom stereocenters. The molecule has 0 aromatic carbocycles. The second kappa shape index (κ2) is 3.11. The lowest BCUT2D eigenvalue weighted by atomic mass is 9.94. The molecule has 0 bridgehead atoms. The summed E-state index contributed by atoms with van der Waals surface area (Å²) in [6, 6.07) is 0. The van der Waals surface area contributed by atoms with Crippen LogP contribution >= 0.6 is 12.4 Å². The van der Waals surface area contributed by atoms with Crippen molar-refractivity contribution in [3.8, 4) is 0 Å². The Morgan fingerprint density at radius 2 is 2.18 bits per heavy atom. The summed E-state index contributed by atoms with van der Waals surface area (Å²) < 4.78 is 0. The number of rotatable bonds is 0. The van der Waals surface area contributed by atoms with Gasteiger partial charge in [-0.15, -0.1) is 12.4 Å². The summed E-state index contributed by atoms with van der Waals surface area (Å²) in [4.78, 5) is 11.2. The van der Waals surface area contributed by atoms with Crippen molar-refractivity contribution in [1.82, 2.24) is 5.32 Å². The van der Waals surface area contributed by atoms with Crippen molar-refractivity contribution in [3.63, 3.8) is 0 Å². The van der Waals surface area contributed by atoms with Gasteiger partial charge in [0.25, 0.3) is 0 Å². The van der Waals surface area contributed by atoms with Crippen LogP contribution in [0, 0.1) is 17.8 Å². The first-order valence-electron chi connectivity index (χ1n) is 4.02. The van der Waals surface area contributed by atoms with E-state index in [2.05, 4.69) is 12.2 Å². The number of carbonyl (C=O) groups excluding carboxylic acids is 1. The minimum absolute atomic E-state index is 0. The van der Waals surface area contributed by atoms with Gasteiger partial charge in [-0.2, -0.15) is 0 Å². The number of Topliss-reactive ketones (excluding diaryl/α,β-unsaturated/α-hetero) is 1. The van der Waals surface area contributed by atoms with Crippen LogP contribution in [0.2, 0.25) is 0 Å². The van der Waals surface area contributed by atoms with Crippen LogP contribution in [-0.4, -0.2) is 18.9 Å². The van der Waals surface area contributed by atoms with Crippen molar-refractivity contribution >= 4 is 18.2 Å². The van der Waals surface area contributed by atoms with Crippen LogP contribution in [0.15, 0.2) is 0 Å². The maximum atomic E-state index is 11.2. The summed E-state index contributed by atoms with van der Waals surface area (Å²) in [5.41, 5.74) is 0. The zero-order valence-corrected chi connectivity index (χ0v) is 7.49. The monoisotopic (exact) mass is 175 g/mol. The molecule has 1 saturated heterocycles. The van der Waals surface area contributed by atoms with Crippen molar-refractivity contribution in [2.24, 2.45) is 17.8 Å². The Balaban J connectivity index is 0.000000605. The Labute approximate surface area is 73.1 Å². The van der Waals surface area contributed by atoms with Gasteiger partial charge in [-0.3, -0.25) is 4.79 Å². The van der Waals surface area contributed by atoms with E-state index >= 15 is 0 Å². The van der Waals surface area contributed by atoms with Crippen molar-refractivity contribution in [1.29, 1.82) is 0 Å². The van der Waals surface area contributed by atoms with Crippen molar-refractivity contribution < 1.29 is 4.79 Å². The van der Waals surface area contributed by atoms with Crippen LogP contribution in [-0.2, 0) is 4.79 Å². The van der Waals surface area contributed by atoms with Gasteiger partial charge < -0.3 is 5.32 Å². The van der Waals surface area contributed by atoms with Gasteiger partial charge in [0.15, 0.2) is 0 Å². The summed E-state index contributed by atoms with van der Waals surface area (Å²) >= 11 is 0. The molecule has 1 aliphatic heterocycles. The van der Waals surface area contributed by atoms with Crippen LogP contribution < -0.4 is 5.32 Å². The van der Waals surface area contributed by atoms with E-state index in [0.717, 1.165) is 19.5 Å². The van der Waals surface area contributed by atoms with Crippen LogP contribution in [0.1, 0.15) is 13.3 Å². The topological polar surface area (TPSA) is 29.1 Å². The number of carbonyl (C=O) groups is 1. The van der Waals surface area contributed by atoms with E-state index in [4.69, 9.17) is 0 Å². The highest BCUT2D eigenvalue weighted by Crippen LogP contribution is 2.36. The molecule has 0 spiro atoms. The van der Waals surface area contributed by atoms with Gasteiger partial charge in [0.05, 0.1) is 0 Å². The number of hydrogen-bond donors (Lipinski definition) is 1. The fraction of sp³-hybridized carbons (Fsp3) is 0.875. The van der Waals surface area contributed by atoms with E-state index in [1.807, 2.05) is 0 Å². The van der Waals surface area contributed by atoms with E-state index in [1.54, 1.807) is 0 Å². The highest BCUT2D eigenvalue weighted by atomic mass is 35.5. The SMILES string of the molecule is CC1C(=O)C[C@H]2CNC[C@@H]12.Cl. The zero-order valence-electron chi connectivity index (χ0n) is 6.67. The lowest BCUT2D eigenvalue weighted by Crippen LogP contribution is -2.17. The molecule has 1 unspecified atom stereocenters. The largest absolute Gasteiger partial charge is 0.316 e. The molecule has 0 amide bonds. The molecule has 2 aliphatic rings. The molecule has 64 valence electrons. The first-order valence-corrected chi connectivity index (χ1v) is 4.02. The molecule has 0 aromatic rings. The molecule has 11 heavy (non-hydrogen) atoms. The van der Waals surface area contributed by atoms with E-state index < -0.39 is 0 Å². The number of fused-ring (bicyclic) bond motifs is 1. The molecule has 1 saturated carbocycles. The van der Waals surface area contributed by atoms with Crippen LogP contribution in [0.4, 0.5) is 0 Å². The number of hydrogen-bond acceptors (Lipinski definition) is 2. The molecule has 0 radical (unpaired) electrons. The Hall–Kier alpha value is -0.0800. The third-order valence-electron chi connectivity index (χ3n) is 3.01. The molecule has 2 fully saturated rings. The van der Waals surface area contributed by atoms with Crippen molar-refractivity contribution in [2.45, 2.75) is 13.3 Å². The minimum atomic E-state index is 0. The second-order valence-corrected chi connectivity index (χ2v) is 3.54. The third-order valence-corrected chi connectivity index (χ3v) is 3.01. The highest BCUT2D eigenvalue weighted by molar-refractivity contribution is 5.85. The average molecular weight is 176 g/mol. The zero-order chi connectivity index (χ0) is 7.14. The van der Waals surface area contributed by atoms with Crippen LogP contribution in [0.3, 0.4) is 0 Å². The summed E-state index contributed by atoms with van der Waals surface area (Å²) in [6.07, 6.45) is 0.832. The molecule has 3 heteroatoms. The molecular formula is C8H14ClNO. The Morgan fingerprint density at radius 3 is 2.82 bits per heavy atom. The van der Waals surface area contributed by atoms with Gasteiger partial charge in [-0.05, 0) is 24.9 Å². The average Bonchev–Trinajstić information content (AvgIpc) is 2.41. The number of halogens is 1. The fourth-order valence-corrected chi connectivity index (χ4v) is 2.25. The van der Waals surface area contributed by atoms with Crippen LogP contribution in [0.5, 0.6) is 0 Å². The number of ketones is 1. The summed E-state index contributed by atoms with van der Waals surface area (Å²) in [5, 5.41) is 3.32. The number of nitrogens with one attached hydrogen (secondary N) is 1. The quantitative estimate of drug-likeness (QED) is 0.592. The smallest absolute Gasteiger partial charge is 0.136 e. The Morgan fingerprint density at radius 1 is 1.45 bits per heavy atom. The highest BCUT2D eigenvalue weighted by Gasteiger charge is 2.41. The van der Waals surface area contributed by atoms with Gasteiger partial charge in [-0.1, -0.05) is 6.92 Å². The fourth-order valence-electron chi connectivity index (χ4n) is 2.25. The first kappa shape index (κ1) is 9.01. The summed E-state index contributed by atoms with van der Waals surface area (Å²) in [5.74, 6) is 2.14. The van der Waals surface area contributed by atoms with E-state index in [9.17, 15) is 4.79 Å². The van der Waals surface area contributed by atoms with Crippen molar-refractivity contribution in [3.05, 3.63) is 0 Å². The van der Waals surface area contributed by atoms with E-state index in [0.29, 0.717) is 23.5 Å². The summed E-state index contributed by atoms with van der Waals surface area (Å²) in [6.45, 7) is 4.21. The minimum Gasteiger partial charge on any atom is -0.316 e. The maximum absolute atomic E-state index is 11.2. The molecule has 2 rings (SSSR count). The second-order valence-electron chi connectivity index (χ2n) is 3.54. The molecular weight excluding hydrogens is 162 g/mol. The predicted molar refractivity (Wildman–Crippen MR) is 45.9 cm³/mol. The van der Waals surface area contributed by atoms with Gasteiger partial charge >= 0.3 is 0 Å². The summed E-state index contributed by atoms with van der Waals surface area (Å²) in [7, 11) is 0. The normalized spacial score (nSPS) is 41.9. The van der Waals surface area contributed by atoms with E-state index in [1.165, 1.54) is 0 Å². The molecule has 1 aliphatic carbocycles.